The molecule has 0 spiro atoms. The van der Waals surface area contributed by atoms with Crippen LogP contribution in [0.2, 0.25) is 10.0 Å². The molecule has 1 atom stereocenters. The molecule has 0 radical (unpaired) electrons. The minimum absolute atomic E-state index is 0.168. The number of likely N-dealkylation sites (tertiary alicyclic amines) is 1. The number of aliphatic imine (C=N–C) groups is 1. The van der Waals surface area contributed by atoms with Crippen LogP contribution < -0.4 is 5.32 Å². The molecule has 1 fully saturated rings. The Kier molecular flexibility index (Phi) is 6.58. The van der Waals surface area contributed by atoms with Crippen molar-refractivity contribution in [3.63, 3.8) is 0 Å². The van der Waals surface area contributed by atoms with Gasteiger partial charge >= 0.3 is 0 Å². The van der Waals surface area contributed by atoms with Crippen molar-refractivity contribution in [3.05, 3.63) is 75.5 Å². The molecule has 3 aromatic rings. The summed E-state index contributed by atoms with van der Waals surface area (Å²) in [6.45, 7) is 3.12. The van der Waals surface area contributed by atoms with Crippen LogP contribution in [-0.4, -0.2) is 32.2 Å². The van der Waals surface area contributed by atoms with Crippen molar-refractivity contribution in [2.24, 2.45) is 4.99 Å². The number of anilines is 1. The first-order valence-electron chi connectivity index (χ1n) is 10.1. The minimum atomic E-state index is -0.527. The van der Waals surface area contributed by atoms with Gasteiger partial charge in [0.1, 0.15) is 11.6 Å². The highest BCUT2D eigenvalue weighted by molar-refractivity contribution is 6.30. The molecule has 1 unspecified atom stereocenters. The van der Waals surface area contributed by atoms with E-state index in [4.69, 9.17) is 23.2 Å². The van der Waals surface area contributed by atoms with Crippen LogP contribution in [0.3, 0.4) is 0 Å². The smallest absolute Gasteiger partial charge is 0.215 e. The number of aromatic nitrogens is 3. The van der Waals surface area contributed by atoms with Gasteiger partial charge in [-0.2, -0.15) is 5.26 Å². The third-order valence-electron chi connectivity index (χ3n) is 5.37. The Morgan fingerprint density at radius 2 is 1.97 bits per heavy atom. The van der Waals surface area contributed by atoms with Crippen molar-refractivity contribution in [1.82, 2.24) is 19.7 Å². The average molecular weight is 472 g/mol. The van der Waals surface area contributed by atoms with Gasteiger partial charge in [0.05, 0.1) is 18.3 Å². The molecule has 0 bridgehead atoms. The lowest BCUT2D eigenvalue weighted by Gasteiger charge is -2.27. The van der Waals surface area contributed by atoms with Gasteiger partial charge in [-0.05, 0) is 55.7 Å². The van der Waals surface area contributed by atoms with E-state index in [0.29, 0.717) is 18.1 Å². The van der Waals surface area contributed by atoms with Gasteiger partial charge in [0, 0.05) is 16.6 Å². The van der Waals surface area contributed by atoms with Crippen LogP contribution in [0.4, 0.5) is 10.1 Å². The van der Waals surface area contributed by atoms with E-state index in [0.717, 1.165) is 30.1 Å². The fourth-order valence-corrected chi connectivity index (χ4v) is 4.11. The van der Waals surface area contributed by atoms with Crippen molar-refractivity contribution in [1.29, 1.82) is 5.26 Å². The second-order valence-electron chi connectivity index (χ2n) is 7.45. The average Bonchev–Trinajstić information content (AvgIpc) is 3.38. The Morgan fingerprint density at radius 1 is 1.22 bits per heavy atom. The van der Waals surface area contributed by atoms with Crippen LogP contribution in [0.5, 0.6) is 0 Å². The summed E-state index contributed by atoms with van der Waals surface area (Å²) in [5.41, 5.74) is 1.25. The number of benzene rings is 2. The number of hydrogen-bond donors (Lipinski definition) is 1. The van der Waals surface area contributed by atoms with E-state index in [2.05, 4.69) is 20.5 Å². The molecule has 1 aromatic heterocycles. The summed E-state index contributed by atoms with van der Waals surface area (Å²) in [6.07, 6.45) is 3.48. The van der Waals surface area contributed by atoms with Crippen LogP contribution in [0.1, 0.15) is 36.1 Å². The zero-order valence-electron chi connectivity index (χ0n) is 17.3. The third kappa shape index (κ3) is 4.69. The van der Waals surface area contributed by atoms with E-state index < -0.39 is 5.82 Å². The molecular weight excluding hydrogens is 452 g/mol. The number of guanidine groups is 1. The van der Waals surface area contributed by atoms with E-state index in [-0.39, 0.29) is 22.7 Å². The summed E-state index contributed by atoms with van der Waals surface area (Å²) < 4.78 is 16.4. The summed E-state index contributed by atoms with van der Waals surface area (Å²) in [5, 5.41) is 21.9. The van der Waals surface area contributed by atoms with E-state index >= 15 is 0 Å². The predicted molar refractivity (Wildman–Crippen MR) is 122 cm³/mol. The zero-order chi connectivity index (χ0) is 22.7. The molecule has 0 aliphatic carbocycles. The quantitative estimate of drug-likeness (QED) is 0.322. The number of halogens is 3. The first-order chi connectivity index (χ1) is 15.5. The maximum atomic E-state index is 14.4. The largest absolute Gasteiger partial charge is 0.332 e. The first-order valence-corrected chi connectivity index (χ1v) is 10.8. The Labute approximate surface area is 195 Å². The maximum absolute atomic E-state index is 14.4. The molecule has 164 valence electrons. The molecule has 4 rings (SSSR count). The number of hydrogen-bond acceptors (Lipinski definition) is 4. The fraction of sp³-hybridized carbons (Fsp3) is 0.273. The van der Waals surface area contributed by atoms with Crippen molar-refractivity contribution in [2.45, 2.75) is 32.4 Å². The Balaban J connectivity index is 1.63. The highest BCUT2D eigenvalue weighted by Crippen LogP contribution is 2.32. The van der Waals surface area contributed by atoms with E-state index in [1.807, 2.05) is 46.8 Å². The van der Waals surface area contributed by atoms with Crippen molar-refractivity contribution in [2.75, 3.05) is 11.9 Å². The summed E-state index contributed by atoms with van der Waals surface area (Å²) >= 11 is 11.9. The first kappa shape index (κ1) is 22.1. The minimum Gasteiger partial charge on any atom is -0.332 e. The number of nitriles is 1. The van der Waals surface area contributed by atoms with Crippen LogP contribution >= 0.6 is 23.2 Å². The molecule has 1 saturated heterocycles. The summed E-state index contributed by atoms with van der Waals surface area (Å²) in [6, 6.07) is 11.8. The molecule has 10 heteroatoms. The van der Waals surface area contributed by atoms with Gasteiger partial charge in [-0.15, -0.1) is 15.2 Å². The lowest BCUT2D eigenvalue weighted by molar-refractivity contribution is 0.372. The molecule has 1 aliphatic heterocycles. The standard InChI is InChI=1S/C22H20Cl2FN7/c1-14-29-30-21(32(14)12-15-4-6-16(23)7-5-15)20-3-2-10-31(20)22(27-13-26)28-19-9-8-17(24)11-18(19)25/h4-9,11,20H,2-3,10,12H2,1H3,(H,27,28). The zero-order valence-corrected chi connectivity index (χ0v) is 18.8. The van der Waals surface area contributed by atoms with E-state index in [1.54, 1.807) is 6.07 Å². The second kappa shape index (κ2) is 9.55. The van der Waals surface area contributed by atoms with Gasteiger partial charge in [-0.1, -0.05) is 35.3 Å². The summed E-state index contributed by atoms with van der Waals surface area (Å²) in [7, 11) is 0. The van der Waals surface area contributed by atoms with Gasteiger partial charge in [0.25, 0.3) is 0 Å². The summed E-state index contributed by atoms with van der Waals surface area (Å²) in [5.74, 6) is 1.27. The van der Waals surface area contributed by atoms with Crippen molar-refractivity contribution >= 4 is 34.8 Å². The second-order valence-corrected chi connectivity index (χ2v) is 8.33. The van der Waals surface area contributed by atoms with Crippen molar-refractivity contribution < 1.29 is 4.39 Å². The molecule has 0 amide bonds. The van der Waals surface area contributed by atoms with Gasteiger partial charge in [-0.25, -0.2) is 4.39 Å². The molecule has 7 nitrogen and oxygen atoms in total. The Morgan fingerprint density at radius 3 is 2.69 bits per heavy atom. The molecule has 0 saturated carbocycles. The van der Waals surface area contributed by atoms with Gasteiger partial charge in [-0.3, -0.25) is 0 Å². The van der Waals surface area contributed by atoms with Crippen LogP contribution in [0.25, 0.3) is 0 Å². The van der Waals surface area contributed by atoms with Gasteiger partial charge in [0.2, 0.25) is 12.2 Å². The topological polar surface area (TPSA) is 82.1 Å². The number of rotatable bonds is 4. The van der Waals surface area contributed by atoms with Crippen LogP contribution in [0.15, 0.2) is 47.5 Å². The van der Waals surface area contributed by atoms with E-state index in [1.165, 1.54) is 12.1 Å². The maximum Gasteiger partial charge on any atom is 0.215 e. The number of nitrogens with one attached hydrogen (secondary N) is 1. The van der Waals surface area contributed by atoms with Crippen molar-refractivity contribution in [3.8, 4) is 6.19 Å². The number of aryl methyl sites for hydroxylation is 1. The predicted octanol–water partition coefficient (Wildman–Crippen LogP) is 5.17. The molecular formula is C22H20Cl2FN7. The van der Waals surface area contributed by atoms with Crippen LogP contribution in [-0.2, 0) is 6.54 Å². The Hall–Kier alpha value is -3.15. The molecule has 2 aromatic carbocycles. The molecule has 32 heavy (non-hydrogen) atoms. The van der Waals surface area contributed by atoms with Crippen LogP contribution in [0, 0.1) is 24.2 Å². The van der Waals surface area contributed by atoms with Gasteiger partial charge in [0.15, 0.2) is 5.82 Å². The number of nitrogens with zero attached hydrogens (tertiary/aromatic N) is 6. The summed E-state index contributed by atoms with van der Waals surface area (Å²) in [4.78, 5) is 5.87. The Bertz CT molecular complexity index is 1180. The highest BCUT2D eigenvalue weighted by Gasteiger charge is 2.33. The fourth-order valence-electron chi connectivity index (χ4n) is 3.82. The molecule has 2 heterocycles. The molecule has 1 N–H and O–H groups in total. The van der Waals surface area contributed by atoms with E-state index in [9.17, 15) is 9.65 Å². The highest BCUT2D eigenvalue weighted by atomic mass is 35.5. The normalized spacial score (nSPS) is 16.3. The SMILES string of the molecule is Cc1nnc(C2CCCN2/C(=N/C#N)Nc2ccc(Cl)cc2F)n1Cc1ccc(Cl)cc1. The molecule has 1 aliphatic rings. The lowest BCUT2D eigenvalue weighted by Crippen LogP contribution is -2.37. The monoisotopic (exact) mass is 471 g/mol. The lowest BCUT2D eigenvalue weighted by atomic mass is 10.2. The third-order valence-corrected chi connectivity index (χ3v) is 5.86. The van der Waals surface area contributed by atoms with Gasteiger partial charge < -0.3 is 14.8 Å².